The number of hydrogen-bond donors (Lipinski definition) is 1. The van der Waals surface area contributed by atoms with E-state index in [2.05, 4.69) is 4.72 Å². The van der Waals surface area contributed by atoms with Crippen molar-refractivity contribution in [3.63, 3.8) is 0 Å². The third kappa shape index (κ3) is 3.72. The number of sulfonamides is 1. The minimum absolute atomic E-state index is 0.206. The zero-order valence-electron chi connectivity index (χ0n) is 15.7. The Bertz CT molecular complexity index is 1010. The number of rotatable bonds is 4. The van der Waals surface area contributed by atoms with Crippen molar-refractivity contribution in [1.82, 2.24) is 4.90 Å². The van der Waals surface area contributed by atoms with E-state index in [0.29, 0.717) is 12.2 Å². The van der Waals surface area contributed by atoms with Gasteiger partial charge in [-0.2, -0.15) is 0 Å². The number of nitrogens with zero attached hydrogens (tertiary/aromatic N) is 1. The van der Waals surface area contributed by atoms with E-state index in [1.165, 1.54) is 5.56 Å². The van der Waals surface area contributed by atoms with Crippen LogP contribution >= 0.6 is 0 Å². The number of nitrogens with one attached hydrogen (secondary N) is 1. The lowest BCUT2D eigenvalue weighted by molar-refractivity contribution is -0.133. The van der Waals surface area contributed by atoms with Gasteiger partial charge in [-0.3, -0.25) is 9.52 Å². The first-order valence-electron chi connectivity index (χ1n) is 9.34. The lowest BCUT2D eigenvalue weighted by Gasteiger charge is -2.29. The van der Waals surface area contributed by atoms with Crippen molar-refractivity contribution in [2.75, 3.05) is 11.3 Å². The Morgan fingerprint density at radius 3 is 2.56 bits per heavy atom. The Hall–Kier alpha value is -2.34. The molecule has 2 aromatic rings. The number of carbonyl (C=O) groups is 1. The summed E-state index contributed by atoms with van der Waals surface area (Å²) in [4.78, 5) is 14.5. The summed E-state index contributed by atoms with van der Waals surface area (Å²) in [5, 5.41) is 0. The van der Waals surface area contributed by atoms with Gasteiger partial charge in [0.15, 0.2) is 0 Å². The Morgan fingerprint density at radius 2 is 1.85 bits per heavy atom. The standard InChI is InChI=1S/C21H24N2O3S/c1-14-3-8-20(15(2)11-14)27(25,26)22-19-7-6-16-9-10-23(13-18(16)12-19)21(24)17-4-5-17/h3,6-8,11-12,17,22H,4-5,9-10,13H2,1-2H3. The van der Waals surface area contributed by atoms with E-state index in [0.717, 1.165) is 42.5 Å². The number of anilines is 1. The number of aryl methyl sites for hydroxylation is 2. The van der Waals surface area contributed by atoms with Gasteiger partial charge in [-0.15, -0.1) is 0 Å². The van der Waals surface area contributed by atoms with Gasteiger partial charge in [-0.1, -0.05) is 23.8 Å². The van der Waals surface area contributed by atoms with Crippen LogP contribution in [0.15, 0.2) is 41.3 Å². The van der Waals surface area contributed by atoms with Crippen molar-refractivity contribution >= 4 is 21.6 Å². The Labute approximate surface area is 160 Å². The van der Waals surface area contributed by atoms with Gasteiger partial charge in [0.2, 0.25) is 5.91 Å². The fourth-order valence-electron chi connectivity index (χ4n) is 3.71. The molecule has 1 aliphatic carbocycles. The zero-order chi connectivity index (χ0) is 19.2. The largest absolute Gasteiger partial charge is 0.338 e. The minimum atomic E-state index is -3.65. The molecule has 0 aromatic heterocycles. The van der Waals surface area contributed by atoms with E-state index in [-0.39, 0.29) is 16.7 Å². The molecule has 5 nitrogen and oxygen atoms in total. The average molecular weight is 385 g/mol. The molecule has 1 N–H and O–H groups in total. The van der Waals surface area contributed by atoms with Crippen LogP contribution in [-0.4, -0.2) is 25.8 Å². The second kappa shape index (κ2) is 6.68. The molecule has 1 amide bonds. The van der Waals surface area contributed by atoms with Crippen molar-refractivity contribution in [3.8, 4) is 0 Å². The number of amides is 1. The number of benzene rings is 2. The molecular formula is C21H24N2O3S. The molecule has 2 aliphatic rings. The van der Waals surface area contributed by atoms with Crippen LogP contribution in [0.1, 0.15) is 35.1 Å². The van der Waals surface area contributed by atoms with Crippen LogP contribution in [-0.2, 0) is 27.8 Å². The predicted octanol–water partition coefficient (Wildman–Crippen LogP) is 3.40. The van der Waals surface area contributed by atoms with Crippen LogP contribution in [0.25, 0.3) is 0 Å². The average Bonchev–Trinajstić information content (AvgIpc) is 3.45. The van der Waals surface area contributed by atoms with E-state index in [1.807, 2.05) is 30.0 Å². The van der Waals surface area contributed by atoms with Crippen molar-refractivity contribution in [1.29, 1.82) is 0 Å². The smallest absolute Gasteiger partial charge is 0.262 e. The first-order valence-corrected chi connectivity index (χ1v) is 10.8. The molecule has 0 saturated heterocycles. The maximum absolute atomic E-state index is 12.8. The molecule has 1 saturated carbocycles. The summed E-state index contributed by atoms with van der Waals surface area (Å²) in [6.45, 7) is 5.05. The van der Waals surface area contributed by atoms with E-state index in [9.17, 15) is 13.2 Å². The monoisotopic (exact) mass is 384 g/mol. The quantitative estimate of drug-likeness (QED) is 0.879. The third-order valence-corrected chi connectivity index (χ3v) is 6.87. The summed E-state index contributed by atoms with van der Waals surface area (Å²) < 4.78 is 28.3. The summed E-state index contributed by atoms with van der Waals surface area (Å²) >= 11 is 0. The molecule has 6 heteroatoms. The van der Waals surface area contributed by atoms with E-state index in [4.69, 9.17) is 0 Å². The van der Waals surface area contributed by atoms with Gasteiger partial charge >= 0.3 is 0 Å². The lowest BCUT2D eigenvalue weighted by atomic mass is 9.99. The molecule has 1 fully saturated rings. The molecule has 142 valence electrons. The molecule has 0 bridgehead atoms. The maximum atomic E-state index is 12.8. The van der Waals surface area contributed by atoms with Gasteiger partial charge in [0, 0.05) is 24.7 Å². The summed E-state index contributed by atoms with van der Waals surface area (Å²) in [7, 11) is -3.65. The number of carbonyl (C=O) groups excluding carboxylic acids is 1. The van der Waals surface area contributed by atoms with Crippen LogP contribution in [0.2, 0.25) is 0 Å². The molecule has 0 spiro atoms. The third-order valence-electron chi connectivity index (χ3n) is 5.33. The zero-order valence-corrected chi connectivity index (χ0v) is 16.5. The minimum Gasteiger partial charge on any atom is -0.338 e. The van der Waals surface area contributed by atoms with Crippen LogP contribution in [0, 0.1) is 19.8 Å². The fraction of sp³-hybridized carbons (Fsp3) is 0.381. The molecule has 2 aromatic carbocycles. The van der Waals surface area contributed by atoms with Crippen LogP contribution in [0.4, 0.5) is 5.69 Å². The van der Waals surface area contributed by atoms with Crippen molar-refractivity contribution in [2.45, 2.75) is 44.6 Å². The van der Waals surface area contributed by atoms with Gasteiger partial charge in [0.1, 0.15) is 0 Å². The molecule has 0 radical (unpaired) electrons. The van der Waals surface area contributed by atoms with Gasteiger partial charge in [0.25, 0.3) is 10.0 Å². The first kappa shape index (κ1) is 18.0. The SMILES string of the molecule is Cc1ccc(S(=O)(=O)Nc2ccc3c(c2)CN(C(=O)C2CC2)CC3)c(C)c1. The number of hydrogen-bond acceptors (Lipinski definition) is 3. The van der Waals surface area contributed by atoms with Gasteiger partial charge in [-0.05, 0) is 68.0 Å². The Kier molecular flexibility index (Phi) is 4.46. The van der Waals surface area contributed by atoms with E-state index < -0.39 is 10.0 Å². The van der Waals surface area contributed by atoms with E-state index in [1.54, 1.807) is 25.1 Å². The Balaban J connectivity index is 1.56. The molecule has 1 aliphatic heterocycles. The van der Waals surface area contributed by atoms with Gasteiger partial charge in [-0.25, -0.2) is 8.42 Å². The second-order valence-corrected chi connectivity index (χ2v) is 9.29. The number of fused-ring (bicyclic) bond motifs is 1. The van der Waals surface area contributed by atoms with Gasteiger partial charge < -0.3 is 4.90 Å². The van der Waals surface area contributed by atoms with Crippen LogP contribution in [0.5, 0.6) is 0 Å². The second-order valence-electron chi connectivity index (χ2n) is 7.64. The van der Waals surface area contributed by atoms with Crippen molar-refractivity contribution in [2.24, 2.45) is 5.92 Å². The first-order chi connectivity index (χ1) is 12.8. The highest BCUT2D eigenvalue weighted by atomic mass is 32.2. The summed E-state index contributed by atoms with van der Waals surface area (Å²) in [5.41, 5.74) is 4.50. The van der Waals surface area contributed by atoms with Crippen molar-refractivity contribution in [3.05, 3.63) is 58.7 Å². The molecule has 0 unspecified atom stereocenters. The lowest BCUT2D eigenvalue weighted by Crippen LogP contribution is -2.36. The molecular weight excluding hydrogens is 360 g/mol. The van der Waals surface area contributed by atoms with Crippen LogP contribution < -0.4 is 4.72 Å². The van der Waals surface area contributed by atoms with E-state index >= 15 is 0 Å². The topological polar surface area (TPSA) is 66.5 Å². The maximum Gasteiger partial charge on any atom is 0.262 e. The highest BCUT2D eigenvalue weighted by Gasteiger charge is 2.34. The normalized spacial score (nSPS) is 16.7. The summed E-state index contributed by atoms with van der Waals surface area (Å²) in [6.07, 6.45) is 2.81. The summed E-state index contributed by atoms with van der Waals surface area (Å²) in [5.74, 6) is 0.444. The summed E-state index contributed by atoms with van der Waals surface area (Å²) in [6, 6.07) is 10.9. The van der Waals surface area contributed by atoms with Gasteiger partial charge in [0.05, 0.1) is 4.90 Å². The predicted molar refractivity (Wildman–Crippen MR) is 105 cm³/mol. The molecule has 27 heavy (non-hydrogen) atoms. The highest BCUT2D eigenvalue weighted by Crippen LogP contribution is 2.33. The molecule has 1 heterocycles. The molecule has 0 atom stereocenters. The van der Waals surface area contributed by atoms with Crippen molar-refractivity contribution < 1.29 is 13.2 Å². The fourth-order valence-corrected chi connectivity index (χ4v) is 4.99. The highest BCUT2D eigenvalue weighted by molar-refractivity contribution is 7.92. The Morgan fingerprint density at radius 1 is 1.07 bits per heavy atom. The van der Waals surface area contributed by atoms with Crippen LogP contribution in [0.3, 0.4) is 0 Å². The molecule has 4 rings (SSSR count).